The summed E-state index contributed by atoms with van der Waals surface area (Å²) in [4.78, 5) is 45.9. The Hall–Kier alpha value is -4.84. The number of hydrogen-bond donors (Lipinski definition) is 6. The summed E-state index contributed by atoms with van der Waals surface area (Å²) in [5, 5.41) is 22.7. The molecular weight excluding hydrogens is 818 g/mol. The van der Waals surface area contributed by atoms with Crippen molar-refractivity contribution in [3.63, 3.8) is 0 Å². The van der Waals surface area contributed by atoms with Crippen LogP contribution in [-0.4, -0.2) is 109 Å². The van der Waals surface area contributed by atoms with Crippen LogP contribution in [0.15, 0.2) is 86.0 Å². The molecule has 0 bridgehead atoms. The Bertz CT molecular complexity index is 2320. The Kier molecular flexibility index (Phi) is 11.8. The van der Waals surface area contributed by atoms with Crippen LogP contribution >= 0.6 is 15.6 Å². The number of phosphoric ester groups is 2. The number of rotatable bonds is 16. The number of aliphatic hydroxyl groups is 2. The first-order valence-corrected chi connectivity index (χ1v) is 20.9. The maximum atomic E-state index is 13.1. The fraction of sp³-hybridized carbons (Fsp3) is 0.353. The molecule has 2 saturated heterocycles. The first-order chi connectivity index (χ1) is 28.4. The second-order valence-corrected chi connectivity index (χ2v) is 16.5. The van der Waals surface area contributed by atoms with Crippen molar-refractivity contribution in [3.8, 4) is 0 Å². The third-order valence-corrected chi connectivity index (χ3v) is 12.1. The van der Waals surface area contributed by atoms with Gasteiger partial charge in [-0.3, -0.25) is 18.2 Å². The topological polar surface area (TPSA) is 319 Å². The molecule has 23 nitrogen and oxygen atoms in total. The van der Waals surface area contributed by atoms with Gasteiger partial charge in [0.05, 0.1) is 39.1 Å². The van der Waals surface area contributed by atoms with Crippen molar-refractivity contribution >= 4 is 49.6 Å². The second-order valence-electron chi connectivity index (χ2n) is 13.4. The Morgan fingerprint density at radius 2 is 1.03 bits per heavy atom. The van der Waals surface area contributed by atoms with E-state index in [1.165, 1.54) is 34.4 Å². The van der Waals surface area contributed by atoms with Crippen LogP contribution < -0.4 is 11.5 Å². The Morgan fingerprint density at radius 3 is 1.44 bits per heavy atom. The summed E-state index contributed by atoms with van der Waals surface area (Å²) in [6.45, 7) is -1.54. The second kappa shape index (κ2) is 17.0. The van der Waals surface area contributed by atoms with E-state index in [2.05, 4.69) is 34.2 Å². The maximum absolute atomic E-state index is 13.1. The zero-order chi connectivity index (χ0) is 41.3. The van der Waals surface area contributed by atoms with Crippen molar-refractivity contribution in [2.24, 2.45) is 0 Å². The number of phosphoric acid groups is 2. The van der Waals surface area contributed by atoms with E-state index >= 15 is 0 Å². The normalized spacial score (nSPS) is 26.6. The first kappa shape index (κ1) is 40.9. The zero-order valence-electron chi connectivity index (χ0n) is 30.6. The minimum atomic E-state index is -5.41. The fourth-order valence-corrected chi connectivity index (χ4v) is 8.77. The summed E-state index contributed by atoms with van der Waals surface area (Å²) in [7, 11) is -10.8. The van der Waals surface area contributed by atoms with Gasteiger partial charge in [0.1, 0.15) is 60.3 Å². The van der Waals surface area contributed by atoms with Crippen molar-refractivity contribution in [3.05, 3.63) is 97.1 Å². The van der Waals surface area contributed by atoms with Gasteiger partial charge in [0.25, 0.3) is 0 Å². The van der Waals surface area contributed by atoms with Crippen molar-refractivity contribution in [1.82, 2.24) is 39.0 Å². The molecule has 4 aromatic heterocycles. The lowest BCUT2D eigenvalue weighted by Gasteiger charge is -2.22. The molecule has 0 aliphatic carbocycles. The predicted octanol–water partition coefficient (Wildman–Crippen LogP) is 1.77. The number of imidazole rings is 2. The molecule has 6 heterocycles. The summed E-state index contributed by atoms with van der Waals surface area (Å²) in [6.07, 6.45) is -4.85. The molecule has 0 radical (unpaired) electrons. The molecule has 8 N–H and O–H groups in total. The van der Waals surface area contributed by atoms with E-state index in [0.29, 0.717) is 0 Å². The average Bonchev–Trinajstić information content (AvgIpc) is 3.99. The molecule has 0 spiro atoms. The summed E-state index contributed by atoms with van der Waals surface area (Å²) in [5.41, 5.74) is 14.5. The van der Waals surface area contributed by atoms with Gasteiger partial charge < -0.3 is 50.4 Å². The Morgan fingerprint density at radius 1 is 0.627 bits per heavy atom. The largest absolute Gasteiger partial charge is 0.481 e. The number of benzene rings is 2. The van der Waals surface area contributed by atoms with Crippen molar-refractivity contribution < 1.29 is 61.4 Å². The maximum Gasteiger partial charge on any atom is 0.481 e. The van der Waals surface area contributed by atoms with Gasteiger partial charge in [0, 0.05) is 0 Å². The molecule has 0 saturated carbocycles. The zero-order valence-corrected chi connectivity index (χ0v) is 32.4. The van der Waals surface area contributed by atoms with Gasteiger partial charge in [0.15, 0.2) is 35.4 Å². The molecule has 59 heavy (non-hydrogen) atoms. The van der Waals surface area contributed by atoms with E-state index in [9.17, 15) is 29.1 Å². The summed E-state index contributed by atoms with van der Waals surface area (Å²) in [6, 6.07) is 18.2. The lowest BCUT2D eigenvalue weighted by Crippen LogP contribution is -2.36. The van der Waals surface area contributed by atoms with Gasteiger partial charge in [-0.1, -0.05) is 60.7 Å². The quantitative estimate of drug-likeness (QED) is 0.0755. The SMILES string of the molecule is Nc1ncnc2c1ncn2[C@@H]1O[C@H](COP(=O)(O)OP(=O)(O)OC[C@@H]2O[C@H](n3cnc4c(N)ncnc43)[C@H](OCc3ccccc3)[C@H]2O)[C@@H](O)[C@@H]1OCc1ccccc1. The highest BCUT2D eigenvalue weighted by Crippen LogP contribution is 2.61. The lowest BCUT2D eigenvalue weighted by molar-refractivity contribution is -0.0764. The molecule has 6 aromatic rings. The highest BCUT2D eigenvalue weighted by atomic mass is 31.3. The van der Waals surface area contributed by atoms with Gasteiger partial charge >= 0.3 is 15.6 Å². The third kappa shape index (κ3) is 8.88. The van der Waals surface area contributed by atoms with E-state index in [0.717, 1.165) is 11.1 Å². The minimum Gasteiger partial charge on any atom is -0.387 e. The number of aromatic nitrogens is 8. The summed E-state index contributed by atoms with van der Waals surface area (Å²) in [5.74, 6) is 0.195. The van der Waals surface area contributed by atoms with Crippen LogP contribution in [0.4, 0.5) is 11.6 Å². The third-order valence-electron chi connectivity index (χ3n) is 9.53. The van der Waals surface area contributed by atoms with Crippen LogP contribution in [0.3, 0.4) is 0 Å². The molecule has 8 rings (SSSR count). The van der Waals surface area contributed by atoms with E-state index in [-0.39, 0.29) is 47.2 Å². The minimum absolute atomic E-state index is 0.0500. The molecule has 10 atom stereocenters. The van der Waals surface area contributed by atoms with Crippen molar-refractivity contribution in [2.45, 2.75) is 62.3 Å². The first-order valence-electron chi connectivity index (χ1n) is 17.9. The smallest absolute Gasteiger partial charge is 0.387 e. The molecule has 2 aliphatic rings. The van der Waals surface area contributed by atoms with Crippen LogP contribution in [0.1, 0.15) is 23.6 Å². The van der Waals surface area contributed by atoms with Crippen LogP contribution in [-0.2, 0) is 54.6 Å². The molecule has 25 heteroatoms. The fourth-order valence-electron chi connectivity index (χ4n) is 6.68. The number of hydrogen-bond acceptors (Lipinski definition) is 19. The Labute approximate surface area is 333 Å². The molecule has 2 unspecified atom stereocenters. The van der Waals surface area contributed by atoms with Crippen molar-refractivity contribution in [2.75, 3.05) is 24.7 Å². The van der Waals surface area contributed by atoms with Gasteiger partial charge in [-0.2, -0.15) is 4.31 Å². The standard InChI is InChI=1S/C34H38N10O13P2/c35-29-23-31(39-15-37-29)43(17-41-23)33-27(51-11-19-7-3-1-4-8-19)25(45)21(55-33)13-53-58(47,48)57-59(49,50)54-14-22-26(46)28(52-12-20-9-5-2-6-10-20)34(56-22)44-18-42-24-30(36)38-16-40-32(24)44/h1-10,15-18,21-22,25-28,33-34,45-46H,11-14H2,(H,47,48)(H,49,50)(H2,35,37,39)(H2,36,38,40)/t21-,22+,25-,26+,27+,28-,33-,34+. The summed E-state index contributed by atoms with van der Waals surface area (Å²) >= 11 is 0. The predicted molar refractivity (Wildman–Crippen MR) is 202 cm³/mol. The van der Waals surface area contributed by atoms with Gasteiger partial charge in [0.2, 0.25) is 0 Å². The average molecular weight is 857 g/mol. The number of nitrogens with zero attached hydrogens (tertiary/aromatic N) is 8. The van der Waals surface area contributed by atoms with E-state index in [4.69, 9.17) is 39.5 Å². The van der Waals surface area contributed by atoms with Crippen LogP contribution in [0, 0.1) is 0 Å². The van der Waals surface area contributed by atoms with Crippen LogP contribution in [0.5, 0.6) is 0 Å². The van der Waals surface area contributed by atoms with Crippen LogP contribution in [0.2, 0.25) is 0 Å². The van der Waals surface area contributed by atoms with Gasteiger partial charge in [-0.25, -0.2) is 39.0 Å². The summed E-state index contributed by atoms with van der Waals surface area (Å²) < 4.78 is 67.9. The number of nitrogens with two attached hydrogens (primary N) is 2. The van der Waals surface area contributed by atoms with E-state index in [1.54, 1.807) is 0 Å². The lowest BCUT2D eigenvalue weighted by atomic mass is 10.1. The monoisotopic (exact) mass is 856 g/mol. The number of nitrogen functional groups attached to an aromatic ring is 2. The van der Waals surface area contributed by atoms with Crippen LogP contribution in [0.25, 0.3) is 22.3 Å². The van der Waals surface area contributed by atoms with E-state index < -0.39 is 77.9 Å². The number of anilines is 2. The molecule has 2 fully saturated rings. The number of aliphatic hydroxyl groups excluding tert-OH is 2. The molecule has 312 valence electrons. The Balaban J connectivity index is 0.925. The molecule has 2 aliphatic heterocycles. The van der Waals surface area contributed by atoms with E-state index in [1.807, 2.05) is 60.7 Å². The van der Waals surface area contributed by atoms with Gasteiger partial charge in [-0.15, -0.1) is 0 Å². The highest BCUT2D eigenvalue weighted by molar-refractivity contribution is 7.61. The number of fused-ring (bicyclic) bond motifs is 2. The molecule has 2 aromatic carbocycles. The van der Waals surface area contributed by atoms with Gasteiger partial charge in [-0.05, 0) is 11.1 Å². The number of ether oxygens (including phenoxy) is 4. The van der Waals surface area contributed by atoms with Crippen molar-refractivity contribution in [1.29, 1.82) is 0 Å². The molecular formula is C34H38N10O13P2. The highest BCUT2D eigenvalue weighted by Gasteiger charge is 2.50. The molecule has 0 amide bonds.